The molecule has 2 aromatic heterocycles. The summed E-state index contributed by atoms with van der Waals surface area (Å²) in [5.41, 5.74) is 0.385. The summed E-state index contributed by atoms with van der Waals surface area (Å²) in [6.07, 6.45) is 3.32. The number of oxazole rings is 1. The lowest BCUT2D eigenvalue weighted by Crippen LogP contribution is -2.49. The molecule has 0 aliphatic carbocycles. The molecule has 0 saturated carbocycles. The third-order valence-corrected chi connectivity index (χ3v) is 5.30. The van der Waals surface area contributed by atoms with Crippen LogP contribution in [-0.4, -0.2) is 29.4 Å². The number of furan rings is 1. The highest BCUT2D eigenvalue weighted by Crippen LogP contribution is 2.32. The molecule has 2 heterocycles. The van der Waals surface area contributed by atoms with E-state index in [1.165, 1.54) is 13.5 Å². The molecule has 0 unspecified atom stereocenters. The first-order chi connectivity index (χ1) is 15.8. The average molecular weight is 447 g/mol. The number of hydrogen-bond acceptors (Lipinski definition) is 6. The van der Waals surface area contributed by atoms with E-state index < -0.39 is 17.4 Å². The molecule has 170 valence electrons. The van der Waals surface area contributed by atoms with Crippen LogP contribution in [0.25, 0.3) is 22.1 Å². The molecule has 33 heavy (non-hydrogen) atoms. The lowest BCUT2D eigenvalue weighted by Gasteiger charge is -2.25. The molecule has 0 atom stereocenters. The second kappa shape index (κ2) is 8.82. The molecule has 2 N–H and O–H groups in total. The third-order valence-electron chi connectivity index (χ3n) is 5.30. The number of fused-ring (bicyclic) bond motifs is 1. The number of anilines is 1. The average Bonchev–Trinajstić information content (AvgIpc) is 3.42. The SMILES string of the molecule is COc1cc(NC(=O)C(=O)NC(C)(C)Cc2oc(C)c3ccccc23)ccc1-c1cnco1. The highest BCUT2D eigenvalue weighted by Gasteiger charge is 2.27. The van der Waals surface area contributed by atoms with Gasteiger partial charge in [0, 0.05) is 34.5 Å². The summed E-state index contributed by atoms with van der Waals surface area (Å²) in [5, 5.41) is 7.44. The van der Waals surface area contributed by atoms with Gasteiger partial charge in [0.15, 0.2) is 12.2 Å². The lowest BCUT2D eigenvalue weighted by molar-refractivity contribution is -0.137. The minimum Gasteiger partial charge on any atom is -0.496 e. The van der Waals surface area contributed by atoms with Crippen LogP contribution in [0.2, 0.25) is 0 Å². The Balaban J connectivity index is 1.44. The van der Waals surface area contributed by atoms with E-state index in [1.807, 2.05) is 45.0 Å². The summed E-state index contributed by atoms with van der Waals surface area (Å²) >= 11 is 0. The van der Waals surface area contributed by atoms with Gasteiger partial charge in [-0.05, 0) is 32.9 Å². The summed E-state index contributed by atoms with van der Waals surface area (Å²) in [4.78, 5) is 29.1. The molecule has 4 rings (SSSR count). The van der Waals surface area contributed by atoms with Crippen molar-refractivity contribution in [3.63, 3.8) is 0 Å². The van der Waals surface area contributed by atoms with Crippen LogP contribution >= 0.6 is 0 Å². The first-order valence-electron chi connectivity index (χ1n) is 10.4. The van der Waals surface area contributed by atoms with Crippen LogP contribution in [-0.2, 0) is 16.0 Å². The summed E-state index contributed by atoms with van der Waals surface area (Å²) in [6, 6.07) is 12.9. The smallest absolute Gasteiger partial charge is 0.313 e. The molecule has 8 nitrogen and oxygen atoms in total. The van der Waals surface area contributed by atoms with Crippen molar-refractivity contribution in [2.24, 2.45) is 0 Å². The van der Waals surface area contributed by atoms with Crippen LogP contribution in [0.5, 0.6) is 5.75 Å². The first kappa shape index (κ1) is 22.1. The predicted octanol–water partition coefficient (Wildman–Crippen LogP) is 4.48. The number of benzene rings is 2. The number of methoxy groups -OCH3 is 1. The Kier molecular flexibility index (Phi) is 5.91. The van der Waals surface area contributed by atoms with E-state index in [0.29, 0.717) is 29.2 Å². The van der Waals surface area contributed by atoms with E-state index in [2.05, 4.69) is 15.6 Å². The van der Waals surface area contributed by atoms with Gasteiger partial charge in [0.25, 0.3) is 0 Å². The van der Waals surface area contributed by atoms with Crippen LogP contribution in [0.4, 0.5) is 5.69 Å². The molecule has 0 aliphatic heterocycles. The van der Waals surface area contributed by atoms with Gasteiger partial charge in [0.2, 0.25) is 0 Å². The maximum absolute atomic E-state index is 12.6. The van der Waals surface area contributed by atoms with Crippen molar-refractivity contribution in [1.29, 1.82) is 0 Å². The summed E-state index contributed by atoms with van der Waals surface area (Å²) in [5.74, 6) is 1.07. The van der Waals surface area contributed by atoms with Gasteiger partial charge in [0.05, 0.1) is 18.9 Å². The Morgan fingerprint density at radius 3 is 2.55 bits per heavy atom. The zero-order valence-corrected chi connectivity index (χ0v) is 18.9. The fourth-order valence-electron chi connectivity index (χ4n) is 3.78. The maximum atomic E-state index is 12.6. The topological polar surface area (TPSA) is 107 Å². The standard InChI is InChI=1S/C25H25N3O5/c1-15-17-7-5-6-8-18(17)21(33-15)12-25(2,3)28-24(30)23(29)27-16-9-10-19(20(11-16)31-4)22-13-26-14-32-22/h5-11,13-14H,12H2,1-4H3,(H,27,29)(H,28,30). The van der Waals surface area contributed by atoms with Crippen molar-refractivity contribution in [2.75, 3.05) is 12.4 Å². The van der Waals surface area contributed by atoms with Crippen molar-refractivity contribution in [2.45, 2.75) is 32.7 Å². The summed E-state index contributed by atoms with van der Waals surface area (Å²) in [7, 11) is 1.51. The van der Waals surface area contributed by atoms with E-state index in [0.717, 1.165) is 22.3 Å². The van der Waals surface area contributed by atoms with Crippen molar-refractivity contribution in [3.05, 3.63) is 66.6 Å². The number of rotatable bonds is 6. The van der Waals surface area contributed by atoms with Gasteiger partial charge in [-0.3, -0.25) is 9.59 Å². The molecular weight excluding hydrogens is 422 g/mol. The van der Waals surface area contributed by atoms with Crippen LogP contribution in [0.15, 0.2) is 63.9 Å². The Morgan fingerprint density at radius 2 is 1.85 bits per heavy atom. The fourth-order valence-corrected chi connectivity index (χ4v) is 3.78. The second-order valence-corrected chi connectivity index (χ2v) is 8.38. The van der Waals surface area contributed by atoms with E-state index in [-0.39, 0.29) is 0 Å². The Morgan fingerprint density at radius 1 is 1.09 bits per heavy atom. The number of aromatic nitrogens is 1. The number of hydrogen-bond donors (Lipinski definition) is 2. The number of amides is 2. The maximum Gasteiger partial charge on any atom is 0.313 e. The minimum absolute atomic E-state index is 0.417. The summed E-state index contributed by atoms with van der Waals surface area (Å²) in [6.45, 7) is 5.60. The van der Waals surface area contributed by atoms with Crippen molar-refractivity contribution >= 4 is 28.3 Å². The van der Waals surface area contributed by atoms with Gasteiger partial charge in [-0.15, -0.1) is 0 Å². The molecule has 2 amide bonds. The van der Waals surface area contributed by atoms with Gasteiger partial charge in [-0.25, -0.2) is 4.98 Å². The van der Waals surface area contributed by atoms with E-state index in [1.54, 1.807) is 24.4 Å². The minimum atomic E-state index is -0.780. The monoisotopic (exact) mass is 447 g/mol. The van der Waals surface area contributed by atoms with Crippen molar-refractivity contribution < 1.29 is 23.2 Å². The fraction of sp³-hybridized carbons (Fsp3) is 0.240. The molecule has 8 heteroatoms. The molecule has 0 bridgehead atoms. The predicted molar refractivity (Wildman–Crippen MR) is 124 cm³/mol. The van der Waals surface area contributed by atoms with Gasteiger partial charge >= 0.3 is 11.8 Å². The van der Waals surface area contributed by atoms with E-state index in [9.17, 15) is 9.59 Å². The van der Waals surface area contributed by atoms with Crippen LogP contribution < -0.4 is 15.4 Å². The second-order valence-electron chi connectivity index (χ2n) is 8.38. The number of nitrogens with one attached hydrogen (secondary N) is 2. The molecule has 0 aliphatic rings. The van der Waals surface area contributed by atoms with E-state index in [4.69, 9.17) is 13.6 Å². The zero-order valence-electron chi connectivity index (χ0n) is 18.9. The number of carbonyl (C=O) groups is 2. The quantitative estimate of drug-likeness (QED) is 0.422. The highest BCUT2D eigenvalue weighted by molar-refractivity contribution is 6.39. The Hall–Kier alpha value is -4.07. The number of aryl methyl sites for hydroxylation is 1. The van der Waals surface area contributed by atoms with E-state index >= 15 is 0 Å². The van der Waals surface area contributed by atoms with Gasteiger partial charge in [-0.1, -0.05) is 24.3 Å². The lowest BCUT2D eigenvalue weighted by atomic mass is 9.97. The highest BCUT2D eigenvalue weighted by atomic mass is 16.5. The first-order valence-corrected chi connectivity index (χ1v) is 10.4. The number of ether oxygens (including phenoxy) is 1. The summed E-state index contributed by atoms with van der Waals surface area (Å²) < 4.78 is 16.6. The Bertz CT molecular complexity index is 1310. The molecular formula is C25H25N3O5. The normalized spacial score (nSPS) is 11.4. The van der Waals surface area contributed by atoms with Crippen molar-refractivity contribution in [3.8, 4) is 17.1 Å². The van der Waals surface area contributed by atoms with Gasteiger partial charge in [-0.2, -0.15) is 0 Å². The molecule has 4 aromatic rings. The third kappa shape index (κ3) is 4.74. The van der Waals surface area contributed by atoms with Crippen LogP contribution in [0.3, 0.4) is 0 Å². The van der Waals surface area contributed by atoms with Crippen LogP contribution in [0.1, 0.15) is 25.4 Å². The number of nitrogens with zero attached hydrogens (tertiary/aromatic N) is 1. The molecule has 0 fully saturated rings. The van der Waals surface area contributed by atoms with Gasteiger partial charge < -0.3 is 24.2 Å². The molecule has 0 spiro atoms. The van der Waals surface area contributed by atoms with Crippen molar-refractivity contribution in [1.82, 2.24) is 10.3 Å². The largest absolute Gasteiger partial charge is 0.496 e. The molecule has 0 radical (unpaired) electrons. The molecule has 0 saturated heterocycles. The zero-order chi connectivity index (χ0) is 23.6. The Labute approximate surface area is 190 Å². The molecule has 2 aromatic carbocycles. The number of carbonyl (C=O) groups excluding carboxylic acids is 2. The van der Waals surface area contributed by atoms with Gasteiger partial charge in [0.1, 0.15) is 17.3 Å². The van der Waals surface area contributed by atoms with Crippen LogP contribution in [0, 0.1) is 6.92 Å².